The van der Waals surface area contributed by atoms with Gasteiger partial charge in [-0.15, -0.1) is 23.5 Å². The molecular formula is C23H21BrN2O3S2. The van der Waals surface area contributed by atoms with Crippen LogP contribution in [0.25, 0.3) is 11.3 Å². The first kappa shape index (κ1) is 22.0. The molecule has 1 aliphatic rings. The summed E-state index contributed by atoms with van der Waals surface area (Å²) in [6.07, 6.45) is 1.47. The maximum atomic E-state index is 12.0. The van der Waals surface area contributed by atoms with Gasteiger partial charge < -0.3 is 9.15 Å². The van der Waals surface area contributed by atoms with Crippen molar-refractivity contribution < 1.29 is 13.9 Å². The Kier molecular flexibility index (Phi) is 7.42. The van der Waals surface area contributed by atoms with Crippen LogP contribution < -0.4 is 10.2 Å². The zero-order chi connectivity index (χ0) is 21.6. The molecule has 8 heteroatoms. The van der Waals surface area contributed by atoms with E-state index in [9.17, 15) is 4.79 Å². The Morgan fingerprint density at radius 1 is 1.19 bits per heavy atom. The van der Waals surface area contributed by atoms with Crippen LogP contribution in [0.1, 0.15) is 21.5 Å². The summed E-state index contributed by atoms with van der Waals surface area (Å²) in [7, 11) is 0. The van der Waals surface area contributed by atoms with E-state index < -0.39 is 0 Å². The van der Waals surface area contributed by atoms with E-state index in [1.54, 1.807) is 6.07 Å². The highest BCUT2D eigenvalue weighted by Gasteiger charge is 2.18. The molecule has 0 saturated carbocycles. The summed E-state index contributed by atoms with van der Waals surface area (Å²) >= 11 is 7.48. The number of ether oxygens (including phenoxy) is 1. The third-order valence-corrected chi connectivity index (χ3v) is 8.30. The Morgan fingerprint density at radius 3 is 2.71 bits per heavy atom. The normalized spacial score (nSPS) is 14.3. The van der Waals surface area contributed by atoms with Gasteiger partial charge in [-0.1, -0.05) is 34.1 Å². The Morgan fingerprint density at radius 2 is 1.97 bits per heavy atom. The van der Waals surface area contributed by atoms with Gasteiger partial charge in [0.05, 0.1) is 10.8 Å². The van der Waals surface area contributed by atoms with Gasteiger partial charge in [0, 0.05) is 21.5 Å². The Hall–Kier alpha value is -2.16. The monoisotopic (exact) mass is 516 g/mol. The van der Waals surface area contributed by atoms with Crippen LogP contribution in [0.3, 0.4) is 0 Å². The van der Waals surface area contributed by atoms with Crippen molar-refractivity contribution in [2.75, 3.05) is 18.1 Å². The molecule has 1 fully saturated rings. The lowest BCUT2D eigenvalue weighted by Gasteiger charge is -2.09. The van der Waals surface area contributed by atoms with Crippen LogP contribution >= 0.6 is 39.5 Å². The number of halogens is 1. The van der Waals surface area contributed by atoms with Crippen molar-refractivity contribution in [3.05, 3.63) is 76.0 Å². The number of carbonyl (C=O) groups excluding carboxylic acids is 1. The van der Waals surface area contributed by atoms with E-state index >= 15 is 0 Å². The fourth-order valence-corrected chi connectivity index (χ4v) is 6.56. The van der Waals surface area contributed by atoms with Crippen molar-refractivity contribution in [3.63, 3.8) is 0 Å². The number of hydrogen-bond donors (Lipinski definition) is 1. The fourth-order valence-electron chi connectivity index (χ4n) is 3.01. The maximum Gasteiger partial charge on any atom is 0.277 e. The summed E-state index contributed by atoms with van der Waals surface area (Å²) < 4.78 is 12.8. The van der Waals surface area contributed by atoms with Crippen molar-refractivity contribution in [1.29, 1.82) is 0 Å². The van der Waals surface area contributed by atoms with Gasteiger partial charge in [-0.25, -0.2) is 5.43 Å². The van der Waals surface area contributed by atoms with Gasteiger partial charge in [-0.2, -0.15) is 5.10 Å². The second-order valence-electron chi connectivity index (χ2n) is 6.91. The topological polar surface area (TPSA) is 63.8 Å². The number of furan rings is 1. The third-order valence-electron chi connectivity index (χ3n) is 4.54. The number of nitrogens with one attached hydrogen (secondary N) is 1. The molecule has 0 bridgehead atoms. The van der Waals surface area contributed by atoms with Crippen LogP contribution in [0.15, 0.2) is 68.6 Å². The van der Waals surface area contributed by atoms with Crippen LogP contribution in [-0.2, 0) is 4.79 Å². The Labute approximate surface area is 198 Å². The van der Waals surface area contributed by atoms with Gasteiger partial charge in [-0.05, 0) is 54.4 Å². The molecule has 1 saturated heterocycles. The molecule has 0 spiro atoms. The lowest BCUT2D eigenvalue weighted by Crippen LogP contribution is -2.24. The minimum Gasteiger partial charge on any atom is -0.484 e. The average Bonchev–Trinajstić information content (AvgIpc) is 3.45. The largest absolute Gasteiger partial charge is 0.484 e. The quantitative estimate of drug-likeness (QED) is 0.307. The third kappa shape index (κ3) is 5.96. The van der Waals surface area contributed by atoms with Crippen LogP contribution in [0.5, 0.6) is 5.75 Å². The molecule has 1 amide bonds. The van der Waals surface area contributed by atoms with Crippen molar-refractivity contribution >= 4 is 51.6 Å². The van der Waals surface area contributed by atoms with E-state index in [1.165, 1.54) is 23.3 Å². The van der Waals surface area contributed by atoms with Crippen LogP contribution in [0.2, 0.25) is 0 Å². The molecule has 31 heavy (non-hydrogen) atoms. The molecule has 0 unspecified atom stereocenters. The zero-order valence-corrected chi connectivity index (χ0v) is 20.1. The van der Waals surface area contributed by atoms with E-state index in [0.717, 1.165) is 21.4 Å². The van der Waals surface area contributed by atoms with Gasteiger partial charge in [0.1, 0.15) is 17.3 Å². The van der Waals surface area contributed by atoms with Crippen LogP contribution in [0.4, 0.5) is 0 Å². The number of benzene rings is 2. The molecule has 0 aliphatic carbocycles. The minimum absolute atomic E-state index is 0.108. The number of amides is 1. The Bertz CT molecular complexity index is 1080. The van der Waals surface area contributed by atoms with Crippen molar-refractivity contribution in [2.24, 2.45) is 5.10 Å². The van der Waals surface area contributed by atoms with Crippen molar-refractivity contribution in [2.45, 2.75) is 11.5 Å². The number of rotatable bonds is 7. The molecular weight excluding hydrogens is 496 g/mol. The second-order valence-corrected chi connectivity index (χ2v) is 10.5. The number of hydrogen-bond acceptors (Lipinski definition) is 6. The standard InChI is InChI=1S/C23H21BrN2O3S2/c1-15-2-8-19(20(24)12-15)21-9-7-18(29-21)13-25-26-22(27)14-28-17-5-3-16(4-6-17)23-30-10-11-31-23/h2-9,12-13,23H,10-11,14H2,1H3,(H,26,27)/b25-13+. The first-order valence-electron chi connectivity index (χ1n) is 9.73. The average molecular weight is 517 g/mol. The SMILES string of the molecule is Cc1ccc(-c2ccc(/C=N/NC(=O)COc3ccc(C4SCCS4)cc3)o2)c(Br)c1. The second kappa shape index (κ2) is 10.4. The molecule has 1 aliphatic heterocycles. The summed E-state index contributed by atoms with van der Waals surface area (Å²) in [6, 6.07) is 17.6. The first-order valence-corrected chi connectivity index (χ1v) is 12.6. The van der Waals surface area contributed by atoms with Gasteiger partial charge in [0.2, 0.25) is 0 Å². The molecule has 5 nitrogen and oxygen atoms in total. The first-order chi connectivity index (χ1) is 15.1. The molecule has 160 valence electrons. The summed E-state index contributed by atoms with van der Waals surface area (Å²) in [5.74, 6) is 3.97. The smallest absolute Gasteiger partial charge is 0.277 e. The summed E-state index contributed by atoms with van der Waals surface area (Å²) in [5, 5.41) is 3.95. The number of thioether (sulfide) groups is 2. The number of carbonyl (C=O) groups is 1. The fraction of sp³-hybridized carbons (Fsp3) is 0.217. The van der Waals surface area contributed by atoms with E-state index in [2.05, 4.69) is 38.6 Å². The molecule has 0 radical (unpaired) electrons. The van der Waals surface area contributed by atoms with E-state index in [4.69, 9.17) is 9.15 Å². The molecule has 1 aromatic heterocycles. The predicted molar refractivity (Wildman–Crippen MR) is 132 cm³/mol. The van der Waals surface area contributed by atoms with Crippen LogP contribution in [-0.4, -0.2) is 30.2 Å². The minimum atomic E-state index is -0.338. The highest BCUT2D eigenvalue weighted by atomic mass is 79.9. The predicted octanol–water partition coefficient (Wildman–Crippen LogP) is 6.03. The highest BCUT2D eigenvalue weighted by Crippen LogP contribution is 2.45. The van der Waals surface area contributed by atoms with Gasteiger partial charge >= 0.3 is 0 Å². The van der Waals surface area contributed by atoms with Crippen LogP contribution in [0, 0.1) is 6.92 Å². The van der Waals surface area contributed by atoms with Crippen molar-refractivity contribution in [1.82, 2.24) is 5.43 Å². The van der Waals surface area contributed by atoms with Gasteiger partial charge in [0.15, 0.2) is 6.61 Å². The molecule has 3 aromatic rings. The highest BCUT2D eigenvalue weighted by molar-refractivity contribution is 9.10. The van der Waals surface area contributed by atoms with Gasteiger partial charge in [-0.3, -0.25) is 4.79 Å². The lowest BCUT2D eigenvalue weighted by atomic mass is 10.1. The zero-order valence-electron chi connectivity index (χ0n) is 16.8. The van der Waals surface area contributed by atoms with E-state index in [0.29, 0.717) is 16.1 Å². The van der Waals surface area contributed by atoms with Crippen molar-refractivity contribution in [3.8, 4) is 17.1 Å². The lowest BCUT2D eigenvalue weighted by molar-refractivity contribution is -0.123. The number of hydrazone groups is 1. The summed E-state index contributed by atoms with van der Waals surface area (Å²) in [5.41, 5.74) is 5.86. The molecule has 4 rings (SSSR count). The molecule has 2 aromatic carbocycles. The Balaban J connectivity index is 1.25. The van der Waals surface area contributed by atoms with E-state index in [-0.39, 0.29) is 12.5 Å². The maximum absolute atomic E-state index is 12.0. The molecule has 2 heterocycles. The number of nitrogens with zero attached hydrogens (tertiary/aromatic N) is 1. The molecule has 0 atom stereocenters. The number of aryl methyl sites for hydroxylation is 1. The summed E-state index contributed by atoms with van der Waals surface area (Å²) in [4.78, 5) is 12.0. The summed E-state index contributed by atoms with van der Waals surface area (Å²) in [6.45, 7) is 1.92. The van der Waals surface area contributed by atoms with Gasteiger partial charge in [0.25, 0.3) is 5.91 Å². The molecule has 1 N–H and O–H groups in total. The van der Waals surface area contributed by atoms with E-state index in [1.807, 2.05) is 66.8 Å².